The van der Waals surface area contributed by atoms with E-state index in [2.05, 4.69) is 5.32 Å². The molecule has 0 aromatic rings. The summed E-state index contributed by atoms with van der Waals surface area (Å²) in [7, 11) is 1.54. The Bertz CT molecular complexity index is 429. The average molecular weight is 303 g/mol. The Labute approximate surface area is 122 Å². The van der Waals surface area contributed by atoms with Gasteiger partial charge in [-0.15, -0.1) is 0 Å². The number of aliphatic hydroxyl groups is 2. The number of carbonyl (C=O) groups is 1. The molecule has 0 aromatic heterocycles. The third-order valence-corrected chi connectivity index (χ3v) is 4.15. The van der Waals surface area contributed by atoms with Gasteiger partial charge < -0.3 is 34.5 Å². The highest BCUT2D eigenvalue weighted by atomic mass is 16.8. The summed E-state index contributed by atoms with van der Waals surface area (Å²) in [4.78, 5) is 11.6. The van der Waals surface area contributed by atoms with Gasteiger partial charge in [-0.25, -0.2) is 0 Å². The minimum absolute atomic E-state index is 0.181. The topological polar surface area (TPSA) is 106 Å². The van der Waals surface area contributed by atoms with Gasteiger partial charge in [0.05, 0.1) is 12.1 Å². The van der Waals surface area contributed by atoms with Crippen molar-refractivity contribution in [2.24, 2.45) is 0 Å². The van der Waals surface area contributed by atoms with Crippen LogP contribution in [0.2, 0.25) is 0 Å². The van der Waals surface area contributed by atoms with Gasteiger partial charge in [0, 0.05) is 7.11 Å². The van der Waals surface area contributed by atoms with Crippen LogP contribution in [0.1, 0.15) is 20.3 Å². The summed E-state index contributed by atoms with van der Waals surface area (Å²) >= 11 is 0. The molecule has 3 rings (SSSR count). The lowest BCUT2D eigenvalue weighted by atomic mass is 9.92. The number of piperidine rings is 1. The Kier molecular flexibility index (Phi) is 3.71. The van der Waals surface area contributed by atoms with Crippen molar-refractivity contribution in [3.63, 3.8) is 0 Å². The smallest absolute Gasteiger partial charge is 0.251 e. The first kappa shape index (κ1) is 15.1. The van der Waals surface area contributed by atoms with Crippen molar-refractivity contribution in [1.82, 2.24) is 5.32 Å². The van der Waals surface area contributed by atoms with Crippen LogP contribution in [0.25, 0.3) is 0 Å². The highest BCUT2D eigenvalue weighted by molar-refractivity contribution is 5.82. The van der Waals surface area contributed by atoms with E-state index in [9.17, 15) is 15.0 Å². The summed E-state index contributed by atoms with van der Waals surface area (Å²) in [5.41, 5.74) is 0. The molecule has 3 heterocycles. The van der Waals surface area contributed by atoms with E-state index < -0.39 is 54.5 Å². The van der Waals surface area contributed by atoms with Gasteiger partial charge in [0.2, 0.25) is 0 Å². The molecular weight excluding hydrogens is 282 g/mol. The molecule has 120 valence electrons. The largest absolute Gasteiger partial charge is 0.390 e. The molecule has 0 spiro atoms. The molecule has 3 aliphatic heterocycles. The van der Waals surface area contributed by atoms with Crippen LogP contribution in [0.4, 0.5) is 0 Å². The Morgan fingerprint density at radius 3 is 2.62 bits per heavy atom. The molecule has 3 aliphatic rings. The highest BCUT2D eigenvalue weighted by Crippen LogP contribution is 2.40. The summed E-state index contributed by atoms with van der Waals surface area (Å²) < 4.78 is 22.7. The SMILES string of the molecule is CO[C@@H]1[C@H]2OC(C)(C)O[C@H]2O[C@@H]1[C@@H]1C[C@@H](O)[C@@H](O)C(=O)N1. The predicted octanol–water partition coefficient (Wildman–Crippen LogP) is -1.51. The number of ether oxygens (including phenoxy) is 4. The van der Waals surface area contributed by atoms with Gasteiger partial charge in [0.15, 0.2) is 18.2 Å². The normalized spacial score (nSPS) is 49.0. The second-order valence-electron chi connectivity index (χ2n) is 6.13. The Hall–Kier alpha value is -0.770. The van der Waals surface area contributed by atoms with Gasteiger partial charge in [-0.3, -0.25) is 4.79 Å². The van der Waals surface area contributed by atoms with E-state index in [1.807, 2.05) is 0 Å². The lowest BCUT2D eigenvalue weighted by molar-refractivity contribution is -0.222. The fraction of sp³-hybridized carbons (Fsp3) is 0.923. The number of methoxy groups -OCH3 is 1. The molecule has 8 heteroatoms. The van der Waals surface area contributed by atoms with E-state index in [-0.39, 0.29) is 6.42 Å². The maximum absolute atomic E-state index is 11.6. The van der Waals surface area contributed by atoms with Crippen LogP contribution in [0, 0.1) is 0 Å². The molecule has 0 bridgehead atoms. The lowest BCUT2D eigenvalue weighted by Crippen LogP contribution is -2.60. The van der Waals surface area contributed by atoms with E-state index in [0.717, 1.165) is 0 Å². The number of nitrogens with one attached hydrogen (secondary N) is 1. The zero-order valence-corrected chi connectivity index (χ0v) is 12.2. The van der Waals surface area contributed by atoms with Crippen molar-refractivity contribution >= 4 is 5.91 Å². The molecule has 0 saturated carbocycles. The fourth-order valence-corrected chi connectivity index (χ4v) is 3.20. The Balaban J connectivity index is 1.74. The van der Waals surface area contributed by atoms with Gasteiger partial charge in [-0.05, 0) is 20.3 Å². The number of rotatable bonds is 2. The Morgan fingerprint density at radius 2 is 2.00 bits per heavy atom. The zero-order chi connectivity index (χ0) is 15.4. The Morgan fingerprint density at radius 1 is 1.29 bits per heavy atom. The van der Waals surface area contributed by atoms with Crippen molar-refractivity contribution < 1.29 is 34.0 Å². The first-order chi connectivity index (χ1) is 9.82. The van der Waals surface area contributed by atoms with Gasteiger partial charge in [-0.1, -0.05) is 0 Å². The lowest BCUT2D eigenvalue weighted by Gasteiger charge is -2.36. The molecular formula is C13H21NO7. The summed E-state index contributed by atoms with van der Waals surface area (Å²) in [5.74, 6) is -1.36. The van der Waals surface area contributed by atoms with Crippen molar-refractivity contribution in [2.75, 3.05) is 7.11 Å². The highest BCUT2D eigenvalue weighted by Gasteiger charge is 2.57. The fourth-order valence-electron chi connectivity index (χ4n) is 3.20. The zero-order valence-electron chi connectivity index (χ0n) is 12.2. The van der Waals surface area contributed by atoms with E-state index in [1.165, 1.54) is 7.11 Å². The van der Waals surface area contributed by atoms with Crippen LogP contribution in [0.3, 0.4) is 0 Å². The maximum Gasteiger partial charge on any atom is 0.251 e. The number of hydrogen-bond acceptors (Lipinski definition) is 7. The molecule has 3 N–H and O–H groups in total. The van der Waals surface area contributed by atoms with Gasteiger partial charge >= 0.3 is 0 Å². The molecule has 1 amide bonds. The van der Waals surface area contributed by atoms with Crippen molar-refractivity contribution in [3.05, 3.63) is 0 Å². The summed E-state index contributed by atoms with van der Waals surface area (Å²) in [6.07, 6.45) is -4.25. The van der Waals surface area contributed by atoms with Crippen molar-refractivity contribution in [2.45, 2.75) is 68.9 Å². The molecule has 21 heavy (non-hydrogen) atoms. The minimum Gasteiger partial charge on any atom is -0.390 e. The van der Waals surface area contributed by atoms with E-state index >= 15 is 0 Å². The van der Waals surface area contributed by atoms with E-state index in [0.29, 0.717) is 0 Å². The average Bonchev–Trinajstić information content (AvgIpc) is 2.86. The van der Waals surface area contributed by atoms with Crippen LogP contribution >= 0.6 is 0 Å². The minimum atomic E-state index is -1.41. The third-order valence-electron chi connectivity index (χ3n) is 4.15. The molecule has 0 unspecified atom stereocenters. The van der Waals surface area contributed by atoms with Gasteiger partial charge in [-0.2, -0.15) is 0 Å². The van der Waals surface area contributed by atoms with E-state index in [4.69, 9.17) is 18.9 Å². The number of amides is 1. The van der Waals surface area contributed by atoms with Crippen LogP contribution in [0.5, 0.6) is 0 Å². The third kappa shape index (κ3) is 2.56. The molecule has 7 atom stereocenters. The maximum atomic E-state index is 11.6. The first-order valence-electron chi connectivity index (χ1n) is 7.03. The summed E-state index contributed by atoms with van der Waals surface area (Å²) in [5, 5.41) is 21.9. The van der Waals surface area contributed by atoms with Crippen LogP contribution in [0.15, 0.2) is 0 Å². The van der Waals surface area contributed by atoms with Crippen LogP contribution in [-0.2, 0) is 23.7 Å². The van der Waals surface area contributed by atoms with Crippen molar-refractivity contribution in [1.29, 1.82) is 0 Å². The van der Waals surface area contributed by atoms with E-state index in [1.54, 1.807) is 13.8 Å². The number of hydrogen-bond donors (Lipinski definition) is 3. The molecule has 0 radical (unpaired) electrons. The van der Waals surface area contributed by atoms with Gasteiger partial charge in [0.25, 0.3) is 5.91 Å². The first-order valence-corrected chi connectivity index (χ1v) is 7.03. The number of aliphatic hydroxyl groups excluding tert-OH is 2. The molecule has 0 aromatic carbocycles. The monoisotopic (exact) mass is 303 g/mol. The second-order valence-corrected chi connectivity index (χ2v) is 6.13. The standard InChI is InChI=1S/C13H21NO7/c1-13(2)20-10-9(18-3)8(19-12(10)21-13)5-4-6(15)7(16)11(17)14-5/h5-10,12,15-16H,4H2,1-3H3,(H,14,17)/t5-,6+,7+,8+,9-,10+,12+/m0/s1. The molecule has 3 saturated heterocycles. The molecule has 8 nitrogen and oxygen atoms in total. The van der Waals surface area contributed by atoms with Crippen LogP contribution < -0.4 is 5.32 Å². The molecule has 3 fully saturated rings. The second kappa shape index (κ2) is 5.15. The molecule has 0 aliphatic carbocycles. The van der Waals surface area contributed by atoms with Crippen LogP contribution in [-0.4, -0.2) is 71.9 Å². The quantitative estimate of drug-likeness (QED) is 0.569. The number of fused-ring (bicyclic) bond motifs is 1. The summed E-state index contributed by atoms with van der Waals surface area (Å²) in [6.45, 7) is 3.58. The van der Waals surface area contributed by atoms with Gasteiger partial charge in [0.1, 0.15) is 18.3 Å². The van der Waals surface area contributed by atoms with Crippen molar-refractivity contribution in [3.8, 4) is 0 Å². The number of carbonyl (C=O) groups excluding carboxylic acids is 1. The summed E-state index contributed by atoms with van der Waals surface area (Å²) in [6, 6.07) is -0.471. The predicted molar refractivity (Wildman–Crippen MR) is 68.1 cm³/mol.